The summed E-state index contributed by atoms with van der Waals surface area (Å²) < 4.78 is 0. The number of carboxylic acids is 1. The summed E-state index contributed by atoms with van der Waals surface area (Å²) in [4.78, 5) is 20.8. The number of hydrogen-bond acceptors (Lipinski definition) is 3. The maximum absolute atomic E-state index is 10.5. The monoisotopic (exact) mass is 187 g/mol. The van der Waals surface area contributed by atoms with Crippen LogP contribution in [-0.2, 0) is 9.59 Å². The van der Waals surface area contributed by atoms with Gasteiger partial charge in [0.2, 0.25) is 0 Å². The average molecular weight is 187 g/mol. The van der Waals surface area contributed by atoms with Crippen LogP contribution in [0.3, 0.4) is 0 Å². The zero-order valence-corrected chi connectivity index (χ0v) is 7.95. The van der Waals surface area contributed by atoms with Gasteiger partial charge in [0.15, 0.2) is 0 Å². The Kier molecular flexibility index (Phi) is 6.14. The van der Waals surface area contributed by atoms with Gasteiger partial charge < -0.3 is 15.6 Å². The van der Waals surface area contributed by atoms with E-state index in [-0.39, 0.29) is 5.78 Å². The molecule has 0 rings (SSSR count). The highest BCUT2D eigenvalue weighted by Gasteiger charge is 2.09. The Morgan fingerprint density at radius 2 is 1.92 bits per heavy atom. The molecule has 0 aromatic heterocycles. The van der Waals surface area contributed by atoms with Crippen LogP contribution in [0.1, 0.15) is 39.0 Å². The predicted molar refractivity (Wildman–Crippen MR) is 49.4 cm³/mol. The van der Waals surface area contributed by atoms with Crippen molar-refractivity contribution in [1.82, 2.24) is 0 Å². The van der Waals surface area contributed by atoms with E-state index in [2.05, 4.69) is 0 Å². The molecule has 0 fully saturated rings. The number of aliphatic carboxylic acids is 1. The number of nitrogens with two attached hydrogens (primary N) is 1. The van der Waals surface area contributed by atoms with Gasteiger partial charge >= 0.3 is 5.97 Å². The molecule has 0 aliphatic rings. The Morgan fingerprint density at radius 1 is 1.31 bits per heavy atom. The lowest BCUT2D eigenvalue weighted by Crippen LogP contribution is -2.29. The second kappa shape index (κ2) is 6.60. The Balaban J connectivity index is 3.26. The summed E-state index contributed by atoms with van der Waals surface area (Å²) in [5, 5.41) is 8.45. The number of rotatable bonds is 7. The van der Waals surface area contributed by atoms with Gasteiger partial charge in [0.25, 0.3) is 0 Å². The highest BCUT2D eigenvalue weighted by atomic mass is 16.4. The summed E-state index contributed by atoms with van der Waals surface area (Å²) in [7, 11) is 0. The molecule has 4 nitrogen and oxygen atoms in total. The fourth-order valence-corrected chi connectivity index (χ4v) is 1.04. The molecule has 0 bridgehead atoms. The minimum absolute atomic E-state index is 0.183. The lowest BCUT2D eigenvalue weighted by atomic mass is 10.1. The number of ketones is 1. The number of carboxylic acid groups (broad SMARTS) is 1. The third-order valence-electron chi connectivity index (χ3n) is 1.86. The lowest BCUT2D eigenvalue weighted by Gasteiger charge is -2.04. The number of carbonyl (C=O) groups is 2. The molecule has 76 valence electrons. The van der Waals surface area contributed by atoms with Crippen LogP contribution in [0.4, 0.5) is 0 Å². The minimum atomic E-state index is -0.952. The first-order valence-corrected chi connectivity index (χ1v) is 4.52. The summed E-state index contributed by atoms with van der Waals surface area (Å²) in [5.74, 6) is -0.769. The third-order valence-corrected chi connectivity index (χ3v) is 1.86. The fraction of sp³-hybridized carbons (Fsp3) is 0.778. The lowest BCUT2D eigenvalue weighted by molar-refractivity contribution is -0.138. The van der Waals surface area contributed by atoms with Crippen LogP contribution < -0.4 is 5.73 Å². The maximum atomic E-state index is 10.5. The van der Waals surface area contributed by atoms with Crippen LogP contribution in [0.25, 0.3) is 0 Å². The van der Waals surface area contributed by atoms with Gasteiger partial charge in [0.05, 0.1) is 0 Å². The summed E-state index contributed by atoms with van der Waals surface area (Å²) in [6.07, 6.45) is 3.57. The minimum Gasteiger partial charge on any atom is -0.480 e. The third kappa shape index (κ3) is 7.46. The predicted octanol–water partition coefficient (Wildman–Crippen LogP) is 0.938. The molecule has 0 aliphatic carbocycles. The molecule has 4 heteroatoms. The van der Waals surface area contributed by atoms with Crippen molar-refractivity contribution < 1.29 is 14.7 Å². The molecular weight excluding hydrogens is 170 g/mol. The van der Waals surface area contributed by atoms with Crippen molar-refractivity contribution in [3.8, 4) is 0 Å². The van der Waals surface area contributed by atoms with E-state index >= 15 is 0 Å². The molecule has 0 saturated heterocycles. The van der Waals surface area contributed by atoms with Crippen LogP contribution in [-0.4, -0.2) is 22.9 Å². The van der Waals surface area contributed by atoms with Crippen molar-refractivity contribution in [3.05, 3.63) is 0 Å². The Hall–Kier alpha value is -0.900. The Bertz CT molecular complexity index is 180. The molecule has 0 aromatic carbocycles. The highest BCUT2D eigenvalue weighted by Crippen LogP contribution is 2.05. The van der Waals surface area contributed by atoms with Crippen LogP contribution >= 0.6 is 0 Å². The van der Waals surface area contributed by atoms with E-state index in [0.717, 1.165) is 19.3 Å². The van der Waals surface area contributed by atoms with Crippen molar-refractivity contribution in [2.75, 3.05) is 0 Å². The number of unbranched alkanes of at least 4 members (excludes halogenated alkanes) is 2. The zero-order chi connectivity index (χ0) is 10.3. The van der Waals surface area contributed by atoms with Crippen LogP contribution in [0.15, 0.2) is 0 Å². The van der Waals surface area contributed by atoms with Gasteiger partial charge in [-0.1, -0.05) is 12.8 Å². The van der Waals surface area contributed by atoms with Crippen molar-refractivity contribution in [2.24, 2.45) is 5.73 Å². The molecule has 1 atom stereocenters. The first-order chi connectivity index (χ1) is 6.04. The molecule has 0 heterocycles. The van der Waals surface area contributed by atoms with Gasteiger partial charge in [-0.3, -0.25) is 4.79 Å². The van der Waals surface area contributed by atoms with E-state index in [0.29, 0.717) is 12.8 Å². The van der Waals surface area contributed by atoms with Crippen molar-refractivity contribution in [1.29, 1.82) is 0 Å². The molecule has 0 aromatic rings. The molecular formula is C9H17NO3. The molecule has 0 radical (unpaired) electrons. The van der Waals surface area contributed by atoms with E-state index < -0.39 is 12.0 Å². The van der Waals surface area contributed by atoms with Crippen LogP contribution in [0.2, 0.25) is 0 Å². The zero-order valence-electron chi connectivity index (χ0n) is 7.95. The summed E-state index contributed by atoms with van der Waals surface area (Å²) in [5.41, 5.74) is 5.29. The van der Waals surface area contributed by atoms with E-state index in [1.165, 1.54) is 0 Å². The first-order valence-electron chi connectivity index (χ1n) is 4.52. The maximum Gasteiger partial charge on any atom is 0.320 e. The number of carbonyl (C=O) groups excluding carboxylic acids is 1. The van der Waals surface area contributed by atoms with Gasteiger partial charge in [-0.2, -0.15) is 0 Å². The first kappa shape index (κ1) is 12.1. The molecule has 0 amide bonds. The topological polar surface area (TPSA) is 80.4 Å². The normalized spacial score (nSPS) is 12.5. The molecule has 3 N–H and O–H groups in total. The largest absolute Gasteiger partial charge is 0.480 e. The second-order valence-corrected chi connectivity index (χ2v) is 3.25. The number of Topliss-reactive ketones (excluding diaryl/α,β-unsaturated/α-hetero) is 1. The quantitative estimate of drug-likeness (QED) is 0.581. The fourth-order valence-electron chi connectivity index (χ4n) is 1.04. The second-order valence-electron chi connectivity index (χ2n) is 3.25. The van der Waals surface area contributed by atoms with Crippen molar-refractivity contribution >= 4 is 11.8 Å². The molecule has 13 heavy (non-hydrogen) atoms. The SMILES string of the molecule is CC(=O)CCCCCC(N)C(=O)O. The Morgan fingerprint density at radius 3 is 2.38 bits per heavy atom. The van der Waals surface area contributed by atoms with Crippen LogP contribution in [0, 0.1) is 0 Å². The summed E-state index contributed by atoms with van der Waals surface area (Å²) >= 11 is 0. The van der Waals surface area contributed by atoms with E-state index in [1.54, 1.807) is 6.92 Å². The van der Waals surface area contributed by atoms with Gasteiger partial charge in [0.1, 0.15) is 11.8 Å². The van der Waals surface area contributed by atoms with E-state index in [1.807, 2.05) is 0 Å². The molecule has 0 spiro atoms. The highest BCUT2D eigenvalue weighted by molar-refractivity contribution is 5.75. The standard InChI is InChI=1S/C9H17NO3/c1-7(11)5-3-2-4-6-8(10)9(12)13/h8H,2-6,10H2,1H3,(H,12,13). The molecule has 1 unspecified atom stereocenters. The van der Waals surface area contributed by atoms with Gasteiger partial charge in [-0.25, -0.2) is 0 Å². The van der Waals surface area contributed by atoms with Gasteiger partial charge in [-0.05, 0) is 19.8 Å². The Labute approximate surface area is 78.1 Å². The van der Waals surface area contributed by atoms with E-state index in [9.17, 15) is 9.59 Å². The van der Waals surface area contributed by atoms with Crippen molar-refractivity contribution in [2.45, 2.75) is 45.1 Å². The molecule has 0 saturated carbocycles. The molecule has 0 aliphatic heterocycles. The van der Waals surface area contributed by atoms with E-state index in [4.69, 9.17) is 10.8 Å². The smallest absolute Gasteiger partial charge is 0.320 e. The van der Waals surface area contributed by atoms with Gasteiger partial charge in [0, 0.05) is 6.42 Å². The summed E-state index contributed by atoms with van der Waals surface area (Å²) in [6, 6.07) is -0.752. The summed E-state index contributed by atoms with van der Waals surface area (Å²) in [6.45, 7) is 1.56. The van der Waals surface area contributed by atoms with Gasteiger partial charge in [-0.15, -0.1) is 0 Å². The van der Waals surface area contributed by atoms with Crippen molar-refractivity contribution in [3.63, 3.8) is 0 Å². The van der Waals surface area contributed by atoms with Crippen LogP contribution in [0.5, 0.6) is 0 Å². The number of hydrogen-bond donors (Lipinski definition) is 2. The average Bonchev–Trinajstić information content (AvgIpc) is 2.02.